The summed E-state index contributed by atoms with van der Waals surface area (Å²) in [6.07, 6.45) is 0. The first-order valence-corrected chi connectivity index (χ1v) is 7.29. The van der Waals surface area contributed by atoms with Gasteiger partial charge in [0.15, 0.2) is 0 Å². The zero-order valence-electron chi connectivity index (χ0n) is 9.65. The number of rotatable bonds is 3. The second kappa shape index (κ2) is 5.75. The maximum atomic E-state index is 8.80. The molecule has 0 aliphatic rings. The third kappa shape index (κ3) is 3.05. The van der Waals surface area contributed by atoms with Crippen LogP contribution in [0.3, 0.4) is 0 Å². The Kier molecular flexibility index (Phi) is 4.28. The SMILES string of the molecule is CN(Cc1csc(Br)c1)c1ccc(C#N)cc1Cl. The van der Waals surface area contributed by atoms with Crippen molar-refractivity contribution in [2.75, 3.05) is 11.9 Å². The third-order valence-electron chi connectivity index (χ3n) is 2.53. The van der Waals surface area contributed by atoms with Crippen LogP contribution in [-0.4, -0.2) is 7.05 Å². The molecule has 5 heteroatoms. The standard InChI is InChI=1S/C13H10BrClN2S/c1-17(7-10-5-13(14)18-8-10)12-3-2-9(6-16)4-11(12)15/h2-5,8H,7H2,1H3. The minimum atomic E-state index is 0.579. The fourth-order valence-corrected chi connectivity index (χ4v) is 3.20. The summed E-state index contributed by atoms with van der Waals surface area (Å²) in [5, 5.41) is 11.5. The molecule has 18 heavy (non-hydrogen) atoms. The van der Waals surface area contributed by atoms with E-state index in [-0.39, 0.29) is 0 Å². The zero-order valence-corrected chi connectivity index (χ0v) is 12.8. The Morgan fingerprint density at radius 3 is 2.78 bits per heavy atom. The molecule has 1 heterocycles. The third-order valence-corrected chi connectivity index (χ3v) is 4.39. The molecule has 0 aliphatic heterocycles. The molecule has 0 N–H and O–H groups in total. The van der Waals surface area contributed by atoms with E-state index in [1.165, 1.54) is 5.56 Å². The average Bonchev–Trinajstić information content (AvgIpc) is 2.74. The van der Waals surface area contributed by atoms with Crippen LogP contribution in [0, 0.1) is 11.3 Å². The van der Waals surface area contributed by atoms with Gasteiger partial charge in [-0.2, -0.15) is 5.26 Å². The Morgan fingerprint density at radius 1 is 1.44 bits per heavy atom. The number of nitriles is 1. The maximum absolute atomic E-state index is 8.80. The van der Waals surface area contributed by atoms with Crippen molar-refractivity contribution in [3.05, 3.63) is 49.6 Å². The van der Waals surface area contributed by atoms with Gasteiger partial charge in [-0.1, -0.05) is 11.6 Å². The summed E-state index contributed by atoms with van der Waals surface area (Å²) < 4.78 is 1.12. The van der Waals surface area contributed by atoms with E-state index in [1.807, 2.05) is 13.1 Å². The fourth-order valence-electron chi connectivity index (χ4n) is 1.67. The summed E-state index contributed by atoms with van der Waals surface area (Å²) in [6, 6.07) is 9.52. The molecule has 0 unspecified atom stereocenters. The van der Waals surface area contributed by atoms with Crippen molar-refractivity contribution in [2.24, 2.45) is 0 Å². The van der Waals surface area contributed by atoms with Gasteiger partial charge in [0.25, 0.3) is 0 Å². The fraction of sp³-hybridized carbons (Fsp3) is 0.154. The molecule has 2 nitrogen and oxygen atoms in total. The van der Waals surface area contributed by atoms with Gasteiger partial charge in [-0.05, 0) is 51.1 Å². The van der Waals surface area contributed by atoms with Crippen LogP contribution in [0.4, 0.5) is 5.69 Å². The maximum Gasteiger partial charge on any atom is 0.0992 e. The number of anilines is 1. The minimum Gasteiger partial charge on any atom is -0.369 e. The van der Waals surface area contributed by atoms with Crippen molar-refractivity contribution >= 4 is 44.6 Å². The van der Waals surface area contributed by atoms with E-state index in [4.69, 9.17) is 16.9 Å². The molecule has 0 saturated heterocycles. The van der Waals surface area contributed by atoms with Gasteiger partial charge in [-0.15, -0.1) is 11.3 Å². The van der Waals surface area contributed by atoms with E-state index < -0.39 is 0 Å². The Labute approximate surface area is 124 Å². The highest BCUT2D eigenvalue weighted by Crippen LogP contribution is 2.28. The van der Waals surface area contributed by atoms with Crippen LogP contribution in [0.25, 0.3) is 0 Å². The molecule has 0 spiro atoms. The lowest BCUT2D eigenvalue weighted by molar-refractivity contribution is 0.927. The number of hydrogen-bond acceptors (Lipinski definition) is 3. The summed E-state index contributed by atoms with van der Waals surface area (Å²) in [4.78, 5) is 2.07. The predicted octanol–water partition coefficient (Wildman–Crippen LogP) is 4.67. The molecule has 1 aromatic carbocycles. The lowest BCUT2D eigenvalue weighted by Gasteiger charge is -2.20. The lowest BCUT2D eigenvalue weighted by atomic mass is 10.2. The molecule has 0 bridgehead atoms. The van der Waals surface area contributed by atoms with Crippen LogP contribution in [0.15, 0.2) is 33.4 Å². The van der Waals surface area contributed by atoms with Crippen LogP contribution in [0.2, 0.25) is 5.02 Å². The van der Waals surface area contributed by atoms with E-state index in [1.54, 1.807) is 23.5 Å². The summed E-state index contributed by atoms with van der Waals surface area (Å²) in [7, 11) is 1.98. The number of halogens is 2. The highest BCUT2D eigenvalue weighted by Gasteiger charge is 2.08. The quantitative estimate of drug-likeness (QED) is 0.811. The van der Waals surface area contributed by atoms with Gasteiger partial charge in [-0.3, -0.25) is 0 Å². The van der Waals surface area contributed by atoms with Gasteiger partial charge in [0, 0.05) is 13.6 Å². The minimum absolute atomic E-state index is 0.579. The molecule has 2 rings (SSSR count). The van der Waals surface area contributed by atoms with Gasteiger partial charge >= 0.3 is 0 Å². The van der Waals surface area contributed by atoms with Crippen molar-refractivity contribution in [1.29, 1.82) is 5.26 Å². The molecule has 92 valence electrons. The lowest BCUT2D eigenvalue weighted by Crippen LogP contribution is -2.16. The molecule has 0 atom stereocenters. The van der Waals surface area contributed by atoms with E-state index in [2.05, 4.69) is 38.3 Å². The Balaban J connectivity index is 2.19. The zero-order chi connectivity index (χ0) is 13.1. The molecular formula is C13H10BrClN2S. The van der Waals surface area contributed by atoms with E-state index in [0.717, 1.165) is 16.0 Å². The van der Waals surface area contributed by atoms with Gasteiger partial charge in [-0.25, -0.2) is 0 Å². The van der Waals surface area contributed by atoms with Crippen LogP contribution in [-0.2, 0) is 6.54 Å². The first-order chi connectivity index (χ1) is 8.60. The Morgan fingerprint density at radius 2 is 2.22 bits per heavy atom. The van der Waals surface area contributed by atoms with E-state index in [0.29, 0.717) is 10.6 Å². The molecule has 0 amide bonds. The Bertz CT molecular complexity index is 603. The summed E-state index contributed by atoms with van der Waals surface area (Å²) in [6.45, 7) is 0.785. The van der Waals surface area contributed by atoms with Crippen molar-refractivity contribution in [3.63, 3.8) is 0 Å². The van der Waals surface area contributed by atoms with E-state index >= 15 is 0 Å². The van der Waals surface area contributed by atoms with Gasteiger partial charge in [0.2, 0.25) is 0 Å². The highest BCUT2D eigenvalue weighted by molar-refractivity contribution is 9.11. The second-order valence-corrected chi connectivity index (χ2v) is 6.59. The largest absolute Gasteiger partial charge is 0.369 e. The van der Waals surface area contributed by atoms with Crippen LogP contribution >= 0.6 is 38.9 Å². The van der Waals surface area contributed by atoms with Crippen molar-refractivity contribution in [2.45, 2.75) is 6.54 Å². The van der Waals surface area contributed by atoms with Crippen molar-refractivity contribution in [3.8, 4) is 6.07 Å². The molecule has 0 radical (unpaired) electrons. The molecule has 0 saturated carbocycles. The second-order valence-electron chi connectivity index (χ2n) is 3.89. The van der Waals surface area contributed by atoms with Gasteiger partial charge in [0.05, 0.1) is 26.1 Å². The molecule has 0 aliphatic carbocycles. The summed E-state index contributed by atoms with van der Waals surface area (Å²) in [5.74, 6) is 0. The normalized spacial score (nSPS) is 10.1. The number of benzene rings is 1. The molecule has 1 aromatic heterocycles. The topological polar surface area (TPSA) is 27.0 Å². The van der Waals surface area contributed by atoms with Crippen molar-refractivity contribution < 1.29 is 0 Å². The van der Waals surface area contributed by atoms with Crippen molar-refractivity contribution in [1.82, 2.24) is 0 Å². The van der Waals surface area contributed by atoms with Gasteiger partial charge < -0.3 is 4.90 Å². The first-order valence-electron chi connectivity index (χ1n) is 5.24. The smallest absolute Gasteiger partial charge is 0.0992 e. The monoisotopic (exact) mass is 340 g/mol. The number of thiophene rings is 1. The summed E-state index contributed by atoms with van der Waals surface area (Å²) >= 11 is 11.3. The predicted molar refractivity (Wildman–Crippen MR) is 80.3 cm³/mol. The summed E-state index contributed by atoms with van der Waals surface area (Å²) in [5.41, 5.74) is 2.74. The average molecular weight is 342 g/mol. The van der Waals surface area contributed by atoms with Crippen LogP contribution in [0.5, 0.6) is 0 Å². The Hall–Kier alpha value is -1.02. The first kappa shape index (κ1) is 13.4. The molecular weight excluding hydrogens is 332 g/mol. The van der Waals surface area contributed by atoms with E-state index in [9.17, 15) is 0 Å². The van der Waals surface area contributed by atoms with Crippen LogP contribution in [0.1, 0.15) is 11.1 Å². The van der Waals surface area contributed by atoms with Gasteiger partial charge in [0.1, 0.15) is 0 Å². The number of hydrogen-bond donors (Lipinski definition) is 0. The highest BCUT2D eigenvalue weighted by atomic mass is 79.9. The molecule has 0 fully saturated rings. The van der Waals surface area contributed by atoms with Crippen LogP contribution < -0.4 is 4.90 Å². The number of nitrogens with zero attached hydrogens (tertiary/aromatic N) is 2. The molecule has 2 aromatic rings.